The summed E-state index contributed by atoms with van der Waals surface area (Å²) in [5, 5.41) is 2.92. The SMILES string of the molecule is O=C(CCCCCCC1=N[C@@H](COCc2ccccc2)CO1)Nc1ccccc1. The highest BCUT2D eigenvalue weighted by atomic mass is 16.5. The minimum absolute atomic E-state index is 0.0815. The Labute approximate surface area is 173 Å². The molecule has 1 N–H and O–H groups in total. The van der Waals surface area contributed by atoms with Crippen molar-refractivity contribution in [2.24, 2.45) is 4.99 Å². The second-order valence-corrected chi connectivity index (χ2v) is 7.32. The lowest BCUT2D eigenvalue weighted by Gasteiger charge is -2.06. The first-order valence-corrected chi connectivity index (χ1v) is 10.5. The van der Waals surface area contributed by atoms with Crippen LogP contribution in [-0.2, 0) is 20.9 Å². The van der Waals surface area contributed by atoms with E-state index < -0.39 is 0 Å². The normalized spacial score (nSPS) is 15.6. The van der Waals surface area contributed by atoms with Crippen LogP contribution in [0.5, 0.6) is 0 Å². The lowest BCUT2D eigenvalue weighted by molar-refractivity contribution is -0.116. The molecule has 0 saturated carbocycles. The molecule has 5 heteroatoms. The zero-order valence-electron chi connectivity index (χ0n) is 16.9. The van der Waals surface area contributed by atoms with Gasteiger partial charge >= 0.3 is 0 Å². The smallest absolute Gasteiger partial charge is 0.224 e. The average Bonchev–Trinajstić information content (AvgIpc) is 3.20. The van der Waals surface area contributed by atoms with E-state index >= 15 is 0 Å². The van der Waals surface area contributed by atoms with Crippen molar-refractivity contribution in [3.63, 3.8) is 0 Å². The Morgan fingerprint density at radius 3 is 2.52 bits per heavy atom. The molecule has 1 atom stereocenters. The summed E-state index contributed by atoms with van der Waals surface area (Å²) in [6.07, 6.45) is 5.49. The Balaban J connectivity index is 1.21. The van der Waals surface area contributed by atoms with Gasteiger partial charge in [0, 0.05) is 18.5 Å². The number of aliphatic imine (C=N–C) groups is 1. The molecule has 2 aromatic carbocycles. The van der Waals surface area contributed by atoms with Crippen LogP contribution in [0.25, 0.3) is 0 Å². The lowest BCUT2D eigenvalue weighted by atomic mass is 10.1. The average molecular weight is 395 g/mol. The highest BCUT2D eigenvalue weighted by Crippen LogP contribution is 2.14. The number of anilines is 1. The summed E-state index contributed by atoms with van der Waals surface area (Å²) >= 11 is 0. The molecule has 0 aromatic heterocycles. The number of rotatable bonds is 12. The number of hydrogen-bond acceptors (Lipinski definition) is 4. The fourth-order valence-corrected chi connectivity index (χ4v) is 3.24. The first-order chi connectivity index (χ1) is 14.3. The van der Waals surface area contributed by atoms with E-state index in [-0.39, 0.29) is 11.9 Å². The summed E-state index contributed by atoms with van der Waals surface area (Å²) in [6.45, 7) is 1.82. The van der Waals surface area contributed by atoms with Gasteiger partial charge in [-0.2, -0.15) is 0 Å². The van der Waals surface area contributed by atoms with E-state index in [1.54, 1.807) is 0 Å². The van der Waals surface area contributed by atoms with Crippen LogP contribution >= 0.6 is 0 Å². The number of benzene rings is 2. The summed E-state index contributed by atoms with van der Waals surface area (Å²) < 4.78 is 11.4. The molecule has 0 bridgehead atoms. The van der Waals surface area contributed by atoms with E-state index in [9.17, 15) is 4.79 Å². The summed E-state index contributed by atoms with van der Waals surface area (Å²) in [6, 6.07) is 19.9. The minimum Gasteiger partial charge on any atom is -0.479 e. The zero-order chi connectivity index (χ0) is 20.2. The number of amides is 1. The van der Waals surface area contributed by atoms with Crippen molar-refractivity contribution in [1.29, 1.82) is 0 Å². The molecule has 2 aromatic rings. The molecule has 0 spiro atoms. The van der Waals surface area contributed by atoms with Gasteiger partial charge in [0.05, 0.1) is 13.2 Å². The first kappa shape index (κ1) is 21.1. The molecular formula is C24H30N2O3. The summed E-state index contributed by atoms with van der Waals surface area (Å²) in [7, 11) is 0. The number of nitrogens with zero attached hydrogens (tertiary/aromatic N) is 1. The van der Waals surface area contributed by atoms with Gasteiger partial charge in [0.25, 0.3) is 0 Å². The second kappa shape index (κ2) is 12.0. The van der Waals surface area contributed by atoms with Gasteiger partial charge in [-0.1, -0.05) is 61.4 Å². The minimum atomic E-state index is 0.0815. The van der Waals surface area contributed by atoms with Crippen molar-refractivity contribution in [2.45, 2.75) is 51.2 Å². The van der Waals surface area contributed by atoms with E-state index in [2.05, 4.69) is 22.4 Å². The third-order valence-electron chi connectivity index (χ3n) is 4.79. The standard InChI is InChI=1S/C24H30N2O3/c27-23(25-21-13-7-4-8-14-21)15-9-1-2-10-16-24-26-22(19-29-24)18-28-17-20-11-5-3-6-12-20/h3-8,11-14,22H,1-2,9-10,15-19H2,(H,25,27)/t22-/m0/s1. The Morgan fingerprint density at radius 2 is 1.72 bits per heavy atom. The van der Waals surface area contributed by atoms with E-state index in [4.69, 9.17) is 9.47 Å². The van der Waals surface area contributed by atoms with Crippen LogP contribution in [-0.4, -0.2) is 31.1 Å². The van der Waals surface area contributed by atoms with Gasteiger partial charge in [0.1, 0.15) is 12.6 Å². The van der Waals surface area contributed by atoms with Crippen LogP contribution in [0.3, 0.4) is 0 Å². The van der Waals surface area contributed by atoms with Crippen LogP contribution in [0.15, 0.2) is 65.7 Å². The molecular weight excluding hydrogens is 364 g/mol. The number of unbranched alkanes of at least 4 members (excludes halogenated alkanes) is 3. The largest absolute Gasteiger partial charge is 0.479 e. The van der Waals surface area contributed by atoms with Crippen LogP contribution in [0, 0.1) is 0 Å². The molecule has 0 radical (unpaired) electrons. The Kier molecular flexibility index (Phi) is 8.73. The number of carbonyl (C=O) groups excluding carboxylic acids is 1. The Hall–Kier alpha value is -2.66. The highest BCUT2D eigenvalue weighted by molar-refractivity contribution is 5.90. The second-order valence-electron chi connectivity index (χ2n) is 7.32. The quantitative estimate of drug-likeness (QED) is 0.517. The van der Waals surface area contributed by atoms with Gasteiger partial charge in [-0.3, -0.25) is 4.79 Å². The third-order valence-corrected chi connectivity index (χ3v) is 4.79. The molecule has 154 valence electrons. The molecule has 1 amide bonds. The van der Waals surface area contributed by atoms with Gasteiger partial charge < -0.3 is 14.8 Å². The van der Waals surface area contributed by atoms with Crippen LogP contribution in [0.4, 0.5) is 5.69 Å². The fraction of sp³-hybridized carbons (Fsp3) is 0.417. The maximum Gasteiger partial charge on any atom is 0.224 e. The number of hydrogen-bond donors (Lipinski definition) is 1. The molecule has 1 aliphatic heterocycles. The summed E-state index contributed by atoms with van der Waals surface area (Å²) in [5.74, 6) is 0.929. The Bertz CT molecular complexity index is 762. The molecule has 0 saturated heterocycles. The summed E-state index contributed by atoms with van der Waals surface area (Å²) in [5.41, 5.74) is 2.03. The first-order valence-electron chi connectivity index (χ1n) is 10.5. The monoisotopic (exact) mass is 394 g/mol. The Morgan fingerprint density at radius 1 is 1.00 bits per heavy atom. The summed E-state index contributed by atoms with van der Waals surface area (Å²) in [4.78, 5) is 16.5. The van der Waals surface area contributed by atoms with E-state index in [1.165, 1.54) is 5.56 Å². The van der Waals surface area contributed by atoms with Crippen molar-refractivity contribution in [3.8, 4) is 0 Å². The number of para-hydroxylation sites is 1. The molecule has 1 heterocycles. The molecule has 1 aliphatic rings. The lowest BCUT2D eigenvalue weighted by Crippen LogP contribution is -2.14. The highest BCUT2D eigenvalue weighted by Gasteiger charge is 2.18. The van der Waals surface area contributed by atoms with Crippen LogP contribution in [0.1, 0.15) is 44.1 Å². The van der Waals surface area contributed by atoms with Gasteiger partial charge in [0.2, 0.25) is 5.91 Å². The maximum absolute atomic E-state index is 11.9. The van der Waals surface area contributed by atoms with Crippen molar-refractivity contribution >= 4 is 17.5 Å². The predicted molar refractivity (Wildman–Crippen MR) is 116 cm³/mol. The van der Waals surface area contributed by atoms with E-state index in [1.807, 2.05) is 48.5 Å². The maximum atomic E-state index is 11.9. The van der Waals surface area contributed by atoms with Crippen molar-refractivity contribution in [3.05, 3.63) is 66.2 Å². The van der Waals surface area contributed by atoms with E-state index in [0.717, 1.165) is 43.7 Å². The predicted octanol–water partition coefficient (Wildman–Crippen LogP) is 4.98. The zero-order valence-corrected chi connectivity index (χ0v) is 16.9. The van der Waals surface area contributed by atoms with E-state index in [0.29, 0.717) is 26.2 Å². The topological polar surface area (TPSA) is 59.9 Å². The number of nitrogens with one attached hydrogen (secondary N) is 1. The van der Waals surface area contributed by atoms with Crippen LogP contribution < -0.4 is 5.32 Å². The molecule has 0 aliphatic carbocycles. The van der Waals surface area contributed by atoms with Crippen molar-refractivity contribution < 1.29 is 14.3 Å². The van der Waals surface area contributed by atoms with Gasteiger partial charge in [-0.25, -0.2) is 4.99 Å². The van der Waals surface area contributed by atoms with Crippen molar-refractivity contribution in [2.75, 3.05) is 18.5 Å². The van der Waals surface area contributed by atoms with Gasteiger partial charge in [-0.15, -0.1) is 0 Å². The number of carbonyl (C=O) groups is 1. The number of ether oxygens (including phenoxy) is 2. The van der Waals surface area contributed by atoms with Gasteiger partial charge in [-0.05, 0) is 30.5 Å². The molecule has 5 nitrogen and oxygen atoms in total. The van der Waals surface area contributed by atoms with Gasteiger partial charge in [0.15, 0.2) is 5.90 Å². The third kappa shape index (κ3) is 8.08. The molecule has 0 unspecified atom stereocenters. The molecule has 29 heavy (non-hydrogen) atoms. The van der Waals surface area contributed by atoms with Crippen molar-refractivity contribution in [1.82, 2.24) is 0 Å². The molecule has 3 rings (SSSR count). The molecule has 0 fully saturated rings. The van der Waals surface area contributed by atoms with Crippen LogP contribution in [0.2, 0.25) is 0 Å². The fourth-order valence-electron chi connectivity index (χ4n) is 3.24.